The number of likely N-dealkylation sites (N-methyl/N-ethyl adjacent to an activating group) is 1. The molecule has 0 aromatic heterocycles. The minimum Gasteiger partial charge on any atom is -0.497 e. The summed E-state index contributed by atoms with van der Waals surface area (Å²) in [6.07, 6.45) is 2.11. The van der Waals surface area contributed by atoms with Crippen molar-refractivity contribution in [3.05, 3.63) is 53.0 Å². The number of hydrogen-bond donors (Lipinski definition) is 1. The second kappa shape index (κ2) is 6.93. The van der Waals surface area contributed by atoms with Crippen molar-refractivity contribution in [3.63, 3.8) is 0 Å². The Kier molecular flexibility index (Phi) is 4.71. The largest absolute Gasteiger partial charge is 0.497 e. The van der Waals surface area contributed by atoms with E-state index in [1.54, 1.807) is 14.2 Å². The van der Waals surface area contributed by atoms with E-state index in [0.29, 0.717) is 0 Å². The van der Waals surface area contributed by atoms with Crippen LogP contribution in [-0.2, 0) is 0 Å². The molecule has 0 spiro atoms. The van der Waals surface area contributed by atoms with Gasteiger partial charge < -0.3 is 19.7 Å². The van der Waals surface area contributed by atoms with Gasteiger partial charge >= 0.3 is 0 Å². The summed E-state index contributed by atoms with van der Waals surface area (Å²) in [6, 6.07) is 14.2. The second-order valence-corrected chi connectivity index (χ2v) is 5.78. The van der Waals surface area contributed by atoms with E-state index in [1.165, 1.54) is 0 Å². The normalized spacial score (nSPS) is 17.3. The molecule has 2 aromatic rings. The first-order valence-corrected chi connectivity index (χ1v) is 7.99. The van der Waals surface area contributed by atoms with Gasteiger partial charge in [-0.25, -0.2) is 0 Å². The summed E-state index contributed by atoms with van der Waals surface area (Å²) in [5.41, 5.74) is 1.07. The van der Waals surface area contributed by atoms with Crippen LogP contribution in [0, 0.1) is 0 Å². The molecule has 5 heteroatoms. The quantitative estimate of drug-likeness (QED) is 0.905. The first-order chi connectivity index (χ1) is 11.7. The van der Waals surface area contributed by atoms with Crippen molar-refractivity contribution in [2.75, 3.05) is 26.2 Å². The predicted molar refractivity (Wildman–Crippen MR) is 96.0 cm³/mol. The fourth-order valence-corrected chi connectivity index (χ4v) is 2.79. The summed E-state index contributed by atoms with van der Waals surface area (Å²) in [4.78, 5) is 7.12. The van der Waals surface area contributed by atoms with Crippen molar-refractivity contribution in [2.24, 2.45) is 4.99 Å². The average molecular weight is 325 g/mol. The van der Waals surface area contributed by atoms with Gasteiger partial charge in [0, 0.05) is 23.1 Å². The van der Waals surface area contributed by atoms with Gasteiger partial charge in [0.05, 0.1) is 19.6 Å². The average Bonchev–Trinajstić information content (AvgIpc) is 2.65. The molecule has 1 heterocycles. The van der Waals surface area contributed by atoms with E-state index in [2.05, 4.69) is 23.3 Å². The number of ether oxygens (including phenoxy) is 2. The topological polar surface area (TPSA) is 46.1 Å². The number of hydrogen-bond acceptors (Lipinski definition) is 5. The van der Waals surface area contributed by atoms with E-state index in [4.69, 9.17) is 14.5 Å². The second-order valence-electron chi connectivity index (χ2n) is 5.78. The fourth-order valence-electron chi connectivity index (χ4n) is 2.79. The molecule has 0 bridgehead atoms. The molecule has 24 heavy (non-hydrogen) atoms. The zero-order valence-electron chi connectivity index (χ0n) is 14.5. The SMILES string of the molecule is CNC(C)C1N=c2ccc(OC)cc2=CN1c1ccc(OC)cc1. The Bertz CT molecular complexity index is 817. The van der Waals surface area contributed by atoms with Crippen LogP contribution in [0.4, 0.5) is 5.69 Å². The van der Waals surface area contributed by atoms with Crippen LogP contribution in [0.5, 0.6) is 11.5 Å². The van der Waals surface area contributed by atoms with Crippen molar-refractivity contribution in [1.29, 1.82) is 0 Å². The number of fused-ring (bicyclic) bond motifs is 1. The lowest BCUT2D eigenvalue weighted by Gasteiger charge is -2.34. The van der Waals surface area contributed by atoms with E-state index >= 15 is 0 Å². The van der Waals surface area contributed by atoms with E-state index in [0.717, 1.165) is 27.8 Å². The molecule has 5 nitrogen and oxygen atoms in total. The molecule has 2 atom stereocenters. The molecule has 0 amide bonds. The third kappa shape index (κ3) is 3.08. The molecule has 1 aliphatic heterocycles. The van der Waals surface area contributed by atoms with Crippen LogP contribution in [0.2, 0.25) is 0 Å². The molecule has 2 unspecified atom stereocenters. The molecule has 0 saturated carbocycles. The van der Waals surface area contributed by atoms with E-state index in [9.17, 15) is 0 Å². The van der Waals surface area contributed by atoms with Gasteiger partial charge in [-0.15, -0.1) is 0 Å². The first-order valence-electron chi connectivity index (χ1n) is 7.99. The summed E-state index contributed by atoms with van der Waals surface area (Å²) in [7, 11) is 5.30. The monoisotopic (exact) mass is 325 g/mol. The van der Waals surface area contributed by atoms with Crippen LogP contribution in [0.15, 0.2) is 47.5 Å². The lowest BCUT2D eigenvalue weighted by atomic mass is 10.1. The molecular formula is C19H23N3O2. The Hall–Kier alpha value is -2.53. The Morgan fingerprint density at radius 3 is 2.33 bits per heavy atom. The Morgan fingerprint density at radius 1 is 1.04 bits per heavy atom. The molecule has 3 rings (SSSR count). The number of nitrogens with zero attached hydrogens (tertiary/aromatic N) is 2. The molecular weight excluding hydrogens is 302 g/mol. The Labute approximate surface area is 142 Å². The Balaban J connectivity index is 2.10. The van der Waals surface area contributed by atoms with Crippen LogP contribution in [0.3, 0.4) is 0 Å². The third-order valence-electron chi connectivity index (χ3n) is 4.34. The van der Waals surface area contributed by atoms with E-state index < -0.39 is 0 Å². The smallest absolute Gasteiger partial charge is 0.140 e. The number of benzene rings is 2. The van der Waals surface area contributed by atoms with Gasteiger partial charge in [0.1, 0.15) is 17.7 Å². The van der Waals surface area contributed by atoms with Crippen LogP contribution >= 0.6 is 0 Å². The number of nitrogens with one attached hydrogen (secondary N) is 1. The summed E-state index contributed by atoms with van der Waals surface area (Å²) < 4.78 is 10.6. The van der Waals surface area contributed by atoms with Crippen LogP contribution < -0.4 is 30.3 Å². The molecule has 0 fully saturated rings. The van der Waals surface area contributed by atoms with Gasteiger partial charge in [0.2, 0.25) is 0 Å². The zero-order chi connectivity index (χ0) is 17.1. The highest BCUT2D eigenvalue weighted by atomic mass is 16.5. The lowest BCUT2D eigenvalue weighted by Crippen LogP contribution is -2.50. The van der Waals surface area contributed by atoms with Gasteiger partial charge in [-0.05, 0) is 56.4 Å². The van der Waals surface area contributed by atoms with Crippen molar-refractivity contribution < 1.29 is 9.47 Å². The van der Waals surface area contributed by atoms with Crippen molar-refractivity contribution in [1.82, 2.24) is 5.32 Å². The van der Waals surface area contributed by atoms with Gasteiger partial charge in [-0.3, -0.25) is 4.99 Å². The summed E-state index contributed by atoms with van der Waals surface area (Å²) in [5.74, 6) is 1.67. The minimum absolute atomic E-state index is 0.0238. The van der Waals surface area contributed by atoms with Crippen molar-refractivity contribution in [3.8, 4) is 11.5 Å². The van der Waals surface area contributed by atoms with E-state index in [-0.39, 0.29) is 12.2 Å². The fraction of sp³-hybridized carbons (Fsp3) is 0.316. The highest BCUT2D eigenvalue weighted by Gasteiger charge is 2.24. The number of rotatable bonds is 5. The van der Waals surface area contributed by atoms with Gasteiger partial charge in [-0.2, -0.15) is 0 Å². The highest BCUT2D eigenvalue weighted by Crippen LogP contribution is 2.24. The lowest BCUT2D eigenvalue weighted by molar-refractivity contribution is 0.413. The maximum absolute atomic E-state index is 5.34. The molecule has 126 valence electrons. The summed E-state index contributed by atoms with van der Waals surface area (Å²) in [6.45, 7) is 2.13. The highest BCUT2D eigenvalue weighted by molar-refractivity contribution is 5.62. The zero-order valence-corrected chi connectivity index (χ0v) is 14.5. The van der Waals surface area contributed by atoms with Gasteiger partial charge in [-0.1, -0.05) is 0 Å². The number of methoxy groups -OCH3 is 2. The maximum atomic E-state index is 5.34. The third-order valence-corrected chi connectivity index (χ3v) is 4.34. The summed E-state index contributed by atoms with van der Waals surface area (Å²) in [5, 5.41) is 5.33. The Morgan fingerprint density at radius 2 is 1.71 bits per heavy atom. The van der Waals surface area contributed by atoms with Gasteiger partial charge in [0.25, 0.3) is 0 Å². The maximum Gasteiger partial charge on any atom is 0.140 e. The van der Waals surface area contributed by atoms with Crippen LogP contribution in [-0.4, -0.2) is 33.5 Å². The number of anilines is 1. The van der Waals surface area contributed by atoms with Crippen molar-refractivity contribution >= 4 is 11.9 Å². The predicted octanol–water partition coefficient (Wildman–Crippen LogP) is 1.52. The standard InChI is InChI=1S/C19H23N3O2/c1-13(20-2)19-21-18-10-9-17(24-4)11-14(18)12-22(19)15-5-7-16(23-3)8-6-15/h5-13,19-20H,1-4H3. The molecule has 0 radical (unpaired) electrons. The summed E-state index contributed by atoms with van der Waals surface area (Å²) >= 11 is 0. The minimum atomic E-state index is -0.0238. The molecule has 1 N–H and O–H groups in total. The first kappa shape index (κ1) is 16.3. The molecule has 0 aliphatic carbocycles. The van der Waals surface area contributed by atoms with Crippen molar-refractivity contribution in [2.45, 2.75) is 19.1 Å². The molecule has 2 aromatic carbocycles. The van der Waals surface area contributed by atoms with Gasteiger partial charge in [0.15, 0.2) is 0 Å². The molecule has 0 saturated heterocycles. The molecule has 1 aliphatic rings. The van der Waals surface area contributed by atoms with E-state index in [1.807, 2.05) is 49.5 Å². The van der Waals surface area contributed by atoms with Crippen LogP contribution in [0.1, 0.15) is 6.92 Å². The van der Waals surface area contributed by atoms with Crippen LogP contribution in [0.25, 0.3) is 6.20 Å².